The van der Waals surface area contributed by atoms with Gasteiger partial charge in [0.1, 0.15) is 0 Å². The van der Waals surface area contributed by atoms with E-state index in [1.807, 2.05) is 17.5 Å². The van der Waals surface area contributed by atoms with E-state index in [9.17, 15) is 0 Å². The molecule has 0 bridgehead atoms. The van der Waals surface area contributed by atoms with Crippen molar-refractivity contribution >= 4 is 11.3 Å². The van der Waals surface area contributed by atoms with Crippen molar-refractivity contribution in [3.05, 3.63) is 16.1 Å². The van der Waals surface area contributed by atoms with Crippen LogP contribution in [0.3, 0.4) is 0 Å². The molecule has 0 aliphatic carbocycles. The van der Waals surface area contributed by atoms with E-state index in [1.54, 1.807) is 0 Å². The summed E-state index contributed by atoms with van der Waals surface area (Å²) in [7, 11) is 4.20. The average molecular weight is 239 g/mol. The van der Waals surface area contributed by atoms with Crippen molar-refractivity contribution in [3.63, 3.8) is 0 Å². The molecule has 0 radical (unpaired) electrons. The van der Waals surface area contributed by atoms with Crippen LogP contribution in [0.1, 0.15) is 22.7 Å². The fourth-order valence-corrected chi connectivity index (χ4v) is 3.33. The van der Waals surface area contributed by atoms with E-state index in [2.05, 4.69) is 29.3 Å². The second kappa shape index (κ2) is 5.75. The number of nitrogens with zero attached hydrogens (tertiary/aromatic N) is 2. The minimum atomic E-state index is 0.798. The molecule has 2 rings (SSSR count). The Hall–Kier alpha value is -0.450. The van der Waals surface area contributed by atoms with E-state index in [4.69, 9.17) is 0 Å². The van der Waals surface area contributed by atoms with E-state index < -0.39 is 0 Å². The lowest BCUT2D eigenvalue weighted by molar-refractivity contribution is 0.376. The summed E-state index contributed by atoms with van der Waals surface area (Å²) in [5, 5.41) is 4.77. The van der Waals surface area contributed by atoms with Gasteiger partial charge in [-0.15, -0.1) is 11.3 Å². The smallest absolute Gasteiger partial charge is 0.0931 e. The zero-order valence-electron chi connectivity index (χ0n) is 10.2. The molecule has 1 aromatic rings. The Labute approximate surface area is 102 Å². The summed E-state index contributed by atoms with van der Waals surface area (Å²) < 4.78 is 0. The maximum atomic E-state index is 4.53. The summed E-state index contributed by atoms with van der Waals surface area (Å²) in [6, 6.07) is 0. The van der Waals surface area contributed by atoms with Crippen molar-refractivity contribution in [3.8, 4) is 0 Å². The summed E-state index contributed by atoms with van der Waals surface area (Å²) in [6.07, 6.45) is 5.87. The lowest BCUT2D eigenvalue weighted by Crippen LogP contribution is -2.30. The Morgan fingerprint density at radius 3 is 3.12 bits per heavy atom. The van der Waals surface area contributed by atoms with Gasteiger partial charge in [0, 0.05) is 24.0 Å². The van der Waals surface area contributed by atoms with Crippen molar-refractivity contribution in [1.29, 1.82) is 0 Å². The van der Waals surface area contributed by atoms with E-state index in [0.29, 0.717) is 0 Å². The third kappa shape index (κ3) is 3.54. The first-order valence-corrected chi connectivity index (χ1v) is 6.84. The predicted molar refractivity (Wildman–Crippen MR) is 68.8 cm³/mol. The van der Waals surface area contributed by atoms with Crippen LogP contribution in [0.25, 0.3) is 0 Å². The van der Waals surface area contributed by atoms with Crippen LogP contribution in [0.5, 0.6) is 0 Å². The summed E-state index contributed by atoms with van der Waals surface area (Å²) >= 11 is 1.87. The molecule has 1 N–H and O–H groups in total. The Morgan fingerprint density at radius 2 is 2.44 bits per heavy atom. The van der Waals surface area contributed by atoms with Gasteiger partial charge in [0.2, 0.25) is 0 Å². The maximum Gasteiger partial charge on any atom is 0.0931 e. The number of piperidine rings is 1. The minimum Gasteiger partial charge on any atom is -0.316 e. The van der Waals surface area contributed by atoms with Crippen LogP contribution < -0.4 is 5.32 Å². The molecule has 1 aliphatic rings. The van der Waals surface area contributed by atoms with Crippen LogP contribution in [0.4, 0.5) is 0 Å². The summed E-state index contributed by atoms with van der Waals surface area (Å²) in [5.41, 5.74) is 0. The van der Waals surface area contributed by atoms with Gasteiger partial charge in [0.05, 0.1) is 5.01 Å². The largest absolute Gasteiger partial charge is 0.316 e. The lowest BCUT2D eigenvalue weighted by atomic mass is 9.97. The zero-order valence-corrected chi connectivity index (χ0v) is 11.0. The van der Waals surface area contributed by atoms with Gasteiger partial charge in [-0.1, -0.05) is 0 Å². The molecule has 1 unspecified atom stereocenters. The van der Waals surface area contributed by atoms with Gasteiger partial charge < -0.3 is 10.2 Å². The lowest BCUT2D eigenvalue weighted by Gasteiger charge is -2.21. The van der Waals surface area contributed by atoms with Crippen LogP contribution in [0, 0.1) is 5.92 Å². The first-order chi connectivity index (χ1) is 7.74. The van der Waals surface area contributed by atoms with E-state index in [-0.39, 0.29) is 0 Å². The van der Waals surface area contributed by atoms with Crippen molar-refractivity contribution < 1.29 is 0 Å². The summed E-state index contributed by atoms with van der Waals surface area (Å²) in [6.45, 7) is 3.38. The first kappa shape index (κ1) is 12.0. The molecule has 0 saturated carbocycles. The number of hydrogen-bond acceptors (Lipinski definition) is 4. The second-order valence-electron chi connectivity index (χ2n) is 4.87. The topological polar surface area (TPSA) is 28.2 Å². The minimum absolute atomic E-state index is 0.798. The fraction of sp³-hybridized carbons (Fsp3) is 0.750. The van der Waals surface area contributed by atoms with Crippen molar-refractivity contribution in [2.24, 2.45) is 5.92 Å². The normalized spacial score (nSPS) is 21.6. The zero-order chi connectivity index (χ0) is 11.4. The van der Waals surface area contributed by atoms with E-state index in [1.165, 1.54) is 35.8 Å². The molecule has 16 heavy (non-hydrogen) atoms. The molecule has 1 aromatic heterocycles. The van der Waals surface area contributed by atoms with Crippen LogP contribution in [-0.4, -0.2) is 37.1 Å². The van der Waals surface area contributed by atoms with Gasteiger partial charge >= 0.3 is 0 Å². The maximum absolute atomic E-state index is 4.53. The average Bonchev–Trinajstić information content (AvgIpc) is 2.66. The highest BCUT2D eigenvalue weighted by Crippen LogP contribution is 2.21. The summed E-state index contributed by atoms with van der Waals surface area (Å²) in [5.74, 6) is 0.798. The number of rotatable bonds is 4. The molecule has 2 heterocycles. The standard InChI is InChI=1S/C12H21N3S/c1-15(2)9-11-8-14-12(16-11)6-10-4-3-5-13-7-10/h8,10,13H,3-7,9H2,1-2H3. The monoisotopic (exact) mass is 239 g/mol. The van der Waals surface area contributed by atoms with Gasteiger partial charge in [-0.05, 0) is 45.9 Å². The number of aromatic nitrogens is 1. The molecule has 1 fully saturated rings. The predicted octanol–water partition coefficient (Wildman–Crippen LogP) is 1.75. The van der Waals surface area contributed by atoms with E-state index in [0.717, 1.165) is 18.9 Å². The van der Waals surface area contributed by atoms with Crippen molar-refractivity contribution in [2.45, 2.75) is 25.8 Å². The Morgan fingerprint density at radius 1 is 1.56 bits per heavy atom. The fourth-order valence-electron chi connectivity index (χ4n) is 2.17. The Balaban J connectivity index is 1.86. The van der Waals surface area contributed by atoms with Crippen LogP contribution >= 0.6 is 11.3 Å². The SMILES string of the molecule is CN(C)Cc1cnc(CC2CCCNC2)s1. The molecule has 1 aliphatic heterocycles. The Bertz CT molecular complexity index is 316. The number of thiazole rings is 1. The Kier molecular flexibility index (Phi) is 4.32. The van der Waals surface area contributed by atoms with Gasteiger partial charge in [0.15, 0.2) is 0 Å². The molecule has 0 amide bonds. The second-order valence-corrected chi connectivity index (χ2v) is 6.07. The van der Waals surface area contributed by atoms with Gasteiger partial charge in [-0.25, -0.2) is 4.98 Å². The highest BCUT2D eigenvalue weighted by molar-refractivity contribution is 7.11. The third-order valence-corrected chi connectivity index (χ3v) is 3.94. The third-order valence-electron chi connectivity index (χ3n) is 2.94. The molecule has 4 heteroatoms. The molecular weight excluding hydrogens is 218 g/mol. The molecule has 0 aromatic carbocycles. The van der Waals surface area contributed by atoms with E-state index >= 15 is 0 Å². The number of nitrogens with one attached hydrogen (secondary N) is 1. The van der Waals surface area contributed by atoms with Crippen LogP contribution in [0.2, 0.25) is 0 Å². The first-order valence-electron chi connectivity index (χ1n) is 6.03. The molecule has 90 valence electrons. The molecular formula is C12H21N3S. The highest BCUT2D eigenvalue weighted by Gasteiger charge is 2.15. The van der Waals surface area contributed by atoms with Crippen molar-refractivity contribution in [2.75, 3.05) is 27.2 Å². The molecule has 3 nitrogen and oxygen atoms in total. The quantitative estimate of drug-likeness (QED) is 0.867. The highest BCUT2D eigenvalue weighted by atomic mass is 32.1. The van der Waals surface area contributed by atoms with Crippen LogP contribution in [-0.2, 0) is 13.0 Å². The molecule has 1 saturated heterocycles. The van der Waals surface area contributed by atoms with Crippen LogP contribution in [0.15, 0.2) is 6.20 Å². The molecule has 0 spiro atoms. The van der Waals surface area contributed by atoms with Gasteiger partial charge in [-0.3, -0.25) is 0 Å². The molecule has 1 atom stereocenters. The van der Waals surface area contributed by atoms with Gasteiger partial charge in [-0.2, -0.15) is 0 Å². The number of hydrogen-bond donors (Lipinski definition) is 1. The summed E-state index contributed by atoms with van der Waals surface area (Å²) in [4.78, 5) is 8.10. The van der Waals surface area contributed by atoms with Crippen molar-refractivity contribution in [1.82, 2.24) is 15.2 Å². The van der Waals surface area contributed by atoms with Gasteiger partial charge in [0.25, 0.3) is 0 Å².